The van der Waals surface area contributed by atoms with E-state index in [4.69, 9.17) is 9.47 Å². The second-order valence-corrected chi connectivity index (χ2v) is 12.3. The Morgan fingerprint density at radius 3 is 1.70 bits per heavy atom. The van der Waals surface area contributed by atoms with Crippen molar-refractivity contribution in [2.75, 3.05) is 6.61 Å². The summed E-state index contributed by atoms with van der Waals surface area (Å²) in [6.45, 7) is 4.71. The minimum absolute atomic E-state index is 0.0483. The molecule has 0 spiro atoms. The third kappa shape index (κ3) is 13.4. The van der Waals surface area contributed by atoms with Gasteiger partial charge in [-0.15, -0.1) is 0 Å². The van der Waals surface area contributed by atoms with Crippen molar-refractivity contribution >= 4 is 11.9 Å². The monoisotopic (exact) mass is 708 g/mol. The maximum Gasteiger partial charge on any atom is 0.425 e. The number of esters is 2. The molecule has 1 unspecified atom stereocenters. The number of carbonyl (C=O) groups is 2. The van der Waals surface area contributed by atoms with Crippen molar-refractivity contribution in [2.24, 2.45) is 0 Å². The molecule has 0 fully saturated rings. The minimum Gasteiger partial charge on any atom is -0.494 e. The summed E-state index contributed by atoms with van der Waals surface area (Å²) < 4.78 is 97.7. The predicted octanol–water partition coefficient (Wildman–Crippen LogP) is 12.2. The van der Waals surface area contributed by atoms with Crippen molar-refractivity contribution < 1.29 is 50.1 Å². The topological polar surface area (TPSA) is 61.8 Å². The molecule has 11 heteroatoms. The highest BCUT2D eigenvalue weighted by molar-refractivity contribution is 5.93. The van der Waals surface area contributed by atoms with Crippen LogP contribution < -0.4 is 9.47 Å². The van der Waals surface area contributed by atoms with Crippen molar-refractivity contribution in [3.8, 4) is 22.6 Å². The number of carbonyl (C=O) groups excluding carboxylic acids is 2. The van der Waals surface area contributed by atoms with Gasteiger partial charge in [0.15, 0.2) is 6.10 Å². The standard InChI is InChI=1S/C39H46F6O5/c1-3-5-7-9-10-11-12-14-26-48-31-22-20-29(21-23-31)28-16-18-30(19-17-28)36(46)49-32-24-25-33(34(27-32)38(40,41)42)37(47)50-35(39(43,44)45)15-13-8-6-4-2/h16-25,27,35H,3-15,26H2,1-2H3. The molecule has 5 nitrogen and oxygen atoms in total. The smallest absolute Gasteiger partial charge is 0.425 e. The SMILES string of the molecule is CCCCCCCCCCOc1ccc(-c2ccc(C(=O)Oc3ccc(C(=O)OC(CCCCCC)C(F)(F)F)c(C(F)(F)F)c3)cc2)cc1. The Hall–Kier alpha value is -4.02. The zero-order valence-electron chi connectivity index (χ0n) is 28.6. The minimum atomic E-state index is -5.15. The highest BCUT2D eigenvalue weighted by Gasteiger charge is 2.44. The lowest BCUT2D eigenvalue weighted by atomic mass is 10.0. The van der Waals surface area contributed by atoms with Gasteiger partial charge in [-0.2, -0.15) is 26.3 Å². The molecule has 1 atom stereocenters. The molecule has 274 valence electrons. The summed E-state index contributed by atoms with van der Waals surface area (Å²) in [6.07, 6.45) is -1.53. The first-order chi connectivity index (χ1) is 23.8. The fourth-order valence-electron chi connectivity index (χ4n) is 5.37. The number of halogens is 6. The summed E-state index contributed by atoms with van der Waals surface area (Å²) in [4.78, 5) is 25.3. The average Bonchev–Trinajstić information content (AvgIpc) is 3.08. The first kappa shape index (κ1) is 40.4. The van der Waals surface area contributed by atoms with Crippen LogP contribution in [0.2, 0.25) is 0 Å². The lowest BCUT2D eigenvalue weighted by molar-refractivity contribution is -0.206. The predicted molar refractivity (Wildman–Crippen MR) is 180 cm³/mol. The quantitative estimate of drug-likeness (QED) is 0.0506. The van der Waals surface area contributed by atoms with E-state index in [2.05, 4.69) is 11.7 Å². The lowest BCUT2D eigenvalue weighted by Gasteiger charge is -2.22. The molecule has 0 aliphatic rings. The van der Waals surface area contributed by atoms with Crippen LogP contribution in [-0.4, -0.2) is 30.8 Å². The molecule has 50 heavy (non-hydrogen) atoms. The number of rotatable bonds is 20. The second kappa shape index (κ2) is 20.0. The fraction of sp³-hybridized carbons (Fsp3) is 0.487. The molecule has 0 radical (unpaired) electrons. The van der Waals surface area contributed by atoms with Crippen LogP contribution in [0.4, 0.5) is 26.3 Å². The number of benzene rings is 3. The van der Waals surface area contributed by atoms with E-state index in [0.717, 1.165) is 42.2 Å². The van der Waals surface area contributed by atoms with E-state index in [1.807, 2.05) is 31.2 Å². The highest BCUT2D eigenvalue weighted by atomic mass is 19.4. The van der Waals surface area contributed by atoms with E-state index < -0.39 is 53.7 Å². The van der Waals surface area contributed by atoms with E-state index >= 15 is 0 Å². The molecular weight excluding hydrogens is 662 g/mol. The van der Waals surface area contributed by atoms with E-state index in [-0.39, 0.29) is 12.0 Å². The van der Waals surface area contributed by atoms with Crippen LogP contribution >= 0.6 is 0 Å². The Morgan fingerprint density at radius 2 is 1.14 bits per heavy atom. The molecule has 3 aromatic rings. The molecule has 0 aliphatic carbocycles. The van der Waals surface area contributed by atoms with Crippen molar-refractivity contribution in [1.82, 2.24) is 0 Å². The van der Waals surface area contributed by atoms with Crippen LogP contribution in [0, 0.1) is 0 Å². The number of hydrogen-bond donors (Lipinski definition) is 0. The van der Waals surface area contributed by atoms with E-state index in [1.165, 1.54) is 50.7 Å². The van der Waals surface area contributed by atoms with Gasteiger partial charge in [-0.1, -0.05) is 102 Å². The van der Waals surface area contributed by atoms with Crippen LogP contribution in [-0.2, 0) is 10.9 Å². The second-order valence-electron chi connectivity index (χ2n) is 12.3. The van der Waals surface area contributed by atoms with Crippen molar-refractivity contribution in [2.45, 2.75) is 116 Å². The van der Waals surface area contributed by atoms with Gasteiger partial charge in [-0.25, -0.2) is 9.59 Å². The van der Waals surface area contributed by atoms with Gasteiger partial charge >= 0.3 is 24.3 Å². The van der Waals surface area contributed by atoms with Crippen LogP contribution in [0.1, 0.15) is 124 Å². The van der Waals surface area contributed by atoms with Gasteiger partial charge in [-0.05, 0) is 72.9 Å². The maximum atomic E-state index is 13.9. The van der Waals surface area contributed by atoms with Gasteiger partial charge in [-0.3, -0.25) is 0 Å². The zero-order valence-corrected chi connectivity index (χ0v) is 28.6. The molecule has 0 amide bonds. The van der Waals surface area contributed by atoms with Crippen molar-refractivity contribution in [3.05, 3.63) is 83.4 Å². The lowest BCUT2D eigenvalue weighted by Crippen LogP contribution is -2.34. The van der Waals surface area contributed by atoms with Crippen molar-refractivity contribution in [3.63, 3.8) is 0 Å². The first-order valence-corrected chi connectivity index (χ1v) is 17.4. The molecule has 0 saturated carbocycles. The van der Waals surface area contributed by atoms with Gasteiger partial charge in [0.25, 0.3) is 0 Å². The third-order valence-corrected chi connectivity index (χ3v) is 8.24. The van der Waals surface area contributed by atoms with E-state index in [9.17, 15) is 35.9 Å². The van der Waals surface area contributed by atoms with Gasteiger partial charge in [0.05, 0.1) is 23.3 Å². The van der Waals surface area contributed by atoms with Gasteiger partial charge in [0.1, 0.15) is 11.5 Å². The molecule has 3 aromatic carbocycles. The summed E-state index contributed by atoms with van der Waals surface area (Å²) in [6, 6.07) is 15.6. The summed E-state index contributed by atoms with van der Waals surface area (Å²) in [5.74, 6) is -2.53. The normalized spacial score (nSPS) is 12.4. The first-order valence-electron chi connectivity index (χ1n) is 17.4. The highest BCUT2D eigenvalue weighted by Crippen LogP contribution is 2.36. The van der Waals surface area contributed by atoms with Gasteiger partial charge in [0.2, 0.25) is 0 Å². The number of hydrogen-bond acceptors (Lipinski definition) is 5. The molecule has 0 saturated heterocycles. The molecule has 3 rings (SSSR count). The Morgan fingerprint density at radius 1 is 0.620 bits per heavy atom. The van der Waals surface area contributed by atoms with Crippen LogP contribution in [0.25, 0.3) is 11.1 Å². The summed E-state index contributed by atoms with van der Waals surface area (Å²) >= 11 is 0. The van der Waals surface area contributed by atoms with Crippen LogP contribution in [0.5, 0.6) is 11.5 Å². The molecule has 0 aromatic heterocycles. The van der Waals surface area contributed by atoms with E-state index in [1.54, 1.807) is 12.1 Å². The summed E-state index contributed by atoms with van der Waals surface area (Å²) in [5.41, 5.74) is -1.02. The van der Waals surface area contributed by atoms with Crippen molar-refractivity contribution in [1.29, 1.82) is 0 Å². The van der Waals surface area contributed by atoms with Crippen LogP contribution in [0.3, 0.4) is 0 Å². The van der Waals surface area contributed by atoms with Gasteiger partial charge < -0.3 is 14.2 Å². The average molecular weight is 709 g/mol. The molecule has 0 bridgehead atoms. The number of alkyl halides is 6. The molecular formula is C39H46F6O5. The Bertz CT molecular complexity index is 1470. The third-order valence-electron chi connectivity index (χ3n) is 8.24. The summed E-state index contributed by atoms with van der Waals surface area (Å²) in [7, 11) is 0. The molecule has 0 N–H and O–H groups in total. The zero-order chi connectivity index (χ0) is 36.6. The maximum absolute atomic E-state index is 13.9. The largest absolute Gasteiger partial charge is 0.494 e. The van der Waals surface area contributed by atoms with Crippen LogP contribution in [0.15, 0.2) is 66.7 Å². The molecule has 0 aliphatic heterocycles. The number of ether oxygens (including phenoxy) is 3. The Kier molecular flexibility index (Phi) is 16.2. The Balaban J connectivity index is 1.59. The van der Waals surface area contributed by atoms with Gasteiger partial charge in [0, 0.05) is 0 Å². The molecule has 0 heterocycles. The summed E-state index contributed by atoms with van der Waals surface area (Å²) in [5, 5.41) is 0. The van der Waals surface area contributed by atoms with E-state index in [0.29, 0.717) is 31.6 Å². The number of unbranched alkanes of at least 4 members (excludes halogenated alkanes) is 10. The Labute approximate surface area is 290 Å². The fourth-order valence-corrected chi connectivity index (χ4v) is 5.37.